The van der Waals surface area contributed by atoms with Crippen LogP contribution in [0.1, 0.15) is 27.0 Å². The fourth-order valence-corrected chi connectivity index (χ4v) is 4.70. The number of carbonyl (C=O) groups excluding carboxylic acids is 1. The first kappa shape index (κ1) is 22.3. The van der Waals surface area contributed by atoms with Crippen LogP contribution in [0.5, 0.6) is 11.6 Å². The van der Waals surface area contributed by atoms with E-state index in [0.717, 1.165) is 16.7 Å². The number of fused-ring (bicyclic) bond motifs is 1. The molecule has 0 fully saturated rings. The number of rotatable bonds is 5. The summed E-state index contributed by atoms with van der Waals surface area (Å²) in [7, 11) is -4.16. The number of nitrogens with one attached hydrogen (secondary N) is 1. The highest BCUT2D eigenvalue weighted by Crippen LogP contribution is 2.32. The molecule has 0 saturated heterocycles. The van der Waals surface area contributed by atoms with E-state index in [-0.39, 0.29) is 22.0 Å². The van der Waals surface area contributed by atoms with Crippen molar-refractivity contribution in [1.82, 2.24) is 9.71 Å². The van der Waals surface area contributed by atoms with E-state index in [1.54, 1.807) is 24.3 Å². The Kier molecular flexibility index (Phi) is 5.78. The summed E-state index contributed by atoms with van der Waals surface area (Å²) >= 11 is 0. The van der Waals surface area contributed by atoms with Gasteiger partial charge in [0.25, 0.3) is 15.9 Å². The summed E-state index contributed by atoms with van der Waals surface area (Å²) in [5, 5.41) is 0.675. The highest BCUT2D eigenvalue weighted by atomic mass is 32.2. The van der Waals surface area contributed by atoms with Gasteiger partial charge in [0.1, 0.15) is 11.3 Å². The lowest BCUT2D eigenvalue weighted by atomic mass is 10.1. The van der Waals surface area contributed by atoms with Gasteiger partial charge < -0.3 is 10.5 Å². The SMILES string of the molecule is Cc1cc(C)c(Oc2nc3ccccc3cc2C(=O)NS(=O)(=O)c2cccc(N)c2)c(C)c1. The van der Waals surface area contributed by atoms with E-state index in [1.165, 1.54) is 18.2 Å². The molecule has 0 radical (unpaired) electrons. The molecule has 0 atom stereocenters. The fraction of sp³-hybridized carbons (Fsp3) is 0.120. The van der Waals surface area contributed by atoms with Crippen LogP contribution in [-0.2, 0) is 10.0 Å². The second kappa shape index (κ2) is 8.55. The Morgan fingerprint density at radius 1 is 0.939 bits per heavy atom. The Bertz CT molecular complexity index is 1470. The highest BCUT2D eigenvalue weighted by Gasteiger charge is 2.24. The highest BCUT2D eigenvalue weighted by molar-refractivity contribution is 7.90. The third kappa shape index (κ3) is 4.65. The van der Waals surface area contributed by atoms with Crippen molar-refractivity contribution in [2.75, 3.05) is 5.73 Å². The van der Waals surface area contributed by atoms with Crippen molar-refractivity contribution >= 4 is 32.5 Å². The molecule has 3 N–H and O–H groups in total. The first-order valence-electron chi connectivity index (χ1n) is 10.2. The van der Waals surface area contributed by atoms with E-state index >= 15 is 0 Å². The molecule has 168 valence electrons. The van der Waals surface area contributed by atoms with Gasteiger partial charge in [0.15, 0.2) is 0 Å². The van der Waals surface area contributed by atoms with Crippen molar-refractivity contribution < 1.29 is 17.9 Å². The van der Waals surface area contributed by atoms with Crippen molar-refractivity contribution in [2.45, 2.75) is 25.7 Å². The lowest BCUT2D eigenvalue weighted by Crippen LogP contribution is -2.31. The lowest BCUT2D eigenvalue weighted by molar-refractivity contribution is 0.0978. The monoisotopic (exact) mass is 461 g/mol. The van der Waals surface area contributed by atoms with Crippen molar-refractivity contribution in [3.63, 3.8) is 0 Å². The van der Waals surface area contributed by atoms with Crippen LogP contribution in [0.3, 0.4) is 0 Å². The Hall–Kier alpha value is -3.91. The van der Waals surface area contributed by atoms with Crippen LogP contribution in [0, 0.1) is 20.8 Å². The van der Waals surface area contributed by atoms with Gasteiger partial charge in [-0.1, -0.05) is 42.0 Å². The van der Waals surface area contributed by atoms with Crippen LogP contribution >= 0.6 is 0 Å². The number of amides is 1. The van der Waals surface area contributed by atoms with Gasteiger partial charge in [-0.25, -0.2) is 18.1 Å². The van der Waals surface area contributed by atoms with E-state index in [9.17, 15) is 13.2 Å². The van der Waals surface area contributed by atoms with Gasteiger partial charge >= 0.3 is 0 Å². The average Bonchev–Trinajstić information content (AvgIpc) is 2.75. The minimum atomic E-state index is -4.16. The number of ether oxygens (including phenoxy) is 1. The second-order valence-electron chi connectivity index (χ2n) is 7.87. The maximum atomic E-state index is 13.2. The molecule has 0 saturated carbocycles. The smallest absolute Gasteiger partial charge is 0.270 e. The average molecular weight is 462 g/mol. The predicted octanol–water partition coefficient (Wildman–Crippen LogP) is 4.65. The summed E-state index contributed by atoms with van der Waals surface area (Å²) in [4.78, 5) is 17.6. The molecule has 3 aromatic carbocycles. The molecule has 8 heteroatoms. The predicted molar refractivity (Wildman–Crippen MR) is 128 cm³/mol. The quantitative estimate of drug-likeness (QED) is 0.418. The number of para-hydroxylation sites is 1. The Morgan fingerprint density at radius 2 is 1.64 bits per heavy atom. The second-order valence-corrected chi connectivity index (χ2v) is 9.55. The number of aryl methyl sites for hydroxylation is 3. The van der Waals surface area contributed by atoms with Gasteiger partial charge in [-0.3, -0.25) is 4.79 Å². The molecular weight excluding hydrogens is 438 g/mol. The number of benzene rings is 3. The standard InChI is InChI=1S/C25H23N3O4S/c1-15-11-16(2)23(17(3)12-15)32-25-21(13-18-7-4-5-10-22(18)27-25)24(29)28-33(30,31)20-9-6-8-19(26)14-20/h4-14H,26H2,1-3H3,(H,28,29). The van der Waals surface area contributed by atoms with Gasteiger partial charge in [0.05, 0.1) is 10.4 Å². The van der Waals surface area contributed by atoms with E-state index < -0.39 is 15.9 Å². The van der Waals surface area contributed by atoms with Crippen molar-refractivity contribution in [1.29, 1.82) is 0 Å². The normalized spacial score (nSPS) is 11.4. The third-order valence-electron chi connectivity index (χ3n) is 5.13. The minimum Gasteiger partial charge on any atom is -0.438 e. The van der Waals surface area contributed by atoms with Crippen molar-refractivity contribution in [3.8, 4) is 11.6 Å². The number of nitrogen functional groups attached to an aromatic ring is 1. The molecule has 1 heterocycles. The van der Waals surface area contributed by atoms with Gasteiger partial charge in [0, 0.05) is 11.1 Å². The molecule has 0 bridgehead atoms. The minimum absolute atomic E-state index is 0.000512. The van der Waals surface area contributed by atoms with Gasteiger partial charge in [-0.05, 0) is 62.2 Å². The largest absolute Gasteiger partial charge is 0.438 e. The van der Waals surface area contributed by atoms with E-state index in [2.05, 4.69) is 9.71 Å². The number of hydrogen-bond acceptors (Lipinski definition) is 6. The number of pyridine rings is 1. The maximum absolute atomic E-state index is 13.2. The van der Waals surface area contributed by atoms with Crippen LogP contribution in [0.2, 0.25) is 0 Å². The van der Waals surface area contributed by atoms with Crippen molar-refractivity contribution in [3.05, 3.63) is 89.0 Å². The maximum Gasteiger partial charge on any atom is 0.270 e. The number of nitrogens with two attached hydrogens (primary N) is 1. The number of hydrogen-bond donors (Lipinski definition) is 2. The molecule has 0 spiro atoms. The van der Waals surface area contributed by atoms with Gasteiger partial charge in [0.2, 0.25) is 5.88 Å². The zero-order valence-electron chi connectivity index (χ0n) is 18.4. The Labute approximate surface area is 192 Å². The number of sulfonamides is 1. The first-order chi connectivity index (χ1) is 15.6. The number of anilines is 1. The van der Waals surface area contributed by atoms with E-state index in [4.69, 9.17) is 10.5 Å². The fourth-order valence-electron chi connectivity index (χ4n) is 3.68. The Morgan fingerprint density at radius 3 is 2.33 bits per heavy atom. The van der Waals surface area contributed by atoms with E-state index in [1.807, 2.05) is 45.0 Å². The van der Waals surface area contributed by atoms with E-state index in [0.29, 0.717) is 16.7 Å². The topological polar surface area (TPSA) is 111 Å². The molecule has 33 heavy (non-hydrogen) atoms. The molecule has 4 rings (SSSR count). The number of carbonyl (C=O) groups is 1. The summed E-state index contributed by atoms with van der Waals surface area (Å²) in [5.74, 6) is -0.270. The number of aromatic nitrogens is 1. The molecule has 0 aliphatic heterocycles. The lowest BCUT2D eigenvalue weighted by Gasteiger charge is -2.16. The first-order valence-corrected chi connectivity index (χ1v) is 11.7. The van der Waals surface area contributed by atoms with Crippen LogP contribution in [0.25, 0.3) is 10.9 Å². The van der Waals surface area contributed by atoms with Gasteiger partial charge in [-0.2, -0.15) is 0 Å². The molecule has 7 nitrogen and oxygen atoms in total. The molecule has 0 aliphatic carbocycles. The Balaban J connectivity index is 1.79. The zero-order chi connectivity index (χ0) is 23.8. The van der Waals surface area contributed by atoms with Crippen LogP contribution in [0.15, 0.2) is 71.6 Å². The summed E-state index contributed by atoms with van der Waals surface area (Å²) in [6.45, 7) is 5.79. The summed E-state index contributed by atoms with van der Waals surface area (Å²) in [5.41, 5.74) is 9.42. The molecular formula is C25H23N3O4S. The summed E-state index contributed by atoms with van der Waals surface area (Å²) in [6.07, 6.45) is 0. The molecule has 1 amide bonds. The van der Waals surface area contributed by atoms with Gasteiger partial charge in [-0.15, -0.1) is 0 Å². The molecule has 0 unspecified atom stereocenters. The molecule has 4 aromatic rings. The zero-order valence-corrected chi connectivity index (χ0v) is 19.2. The van der Waals surface area contributed by atoms with Crippen LogP contribution in [0.4, 0.5) is 5.69 Å². The number of nitrogens with zero attached hydrogens (tertiary/aromatic N) is 1. The van der Waals surface area contributed by atoms with Crippen molar-refractivity contribution in [2.24, 2.45) is 0 Å². The summed E-state index contributed by atoms with van der Waals surface area (Å²) in [6, 6.07) is 18.4. The molecule has 1 aromatic heterocycles. The third-order valence-corrected chi connectivity index (χ3v) is 6.46. The summed E-state index contributed by atoms with van der Waals surface area (Å²) < 4.78 is 33.8. The van der Waals surface area contributed by atoms with Crippen LogP contribution < -0.4 is 15.2 Å². The molecule has 0 aliphatic rings. The van der Waals surface area contributed by atoms with Crippen LogP contribution in [-0.4, -0.2) is 19.3 Å².